The fraction of sp³-hybridized carbons (Fsp3) is 0.222. The first kappa shape index (κ1) is 14.3. The van der Waals surface area contributed by atoms with E-state index in [9.17, 15) is 4.79 Å². The van der Waals surface area contributed by atoms with Crippen LogP contribution in [-0.2, 0) is 4.79 Å². The monoisotopic (exact) mass is 293 g/mol. The van der Waals surface area contributed by atoms with E-state index >= 15 is 0 Å². The minimum absolute atomic E-state index is 0.0115. The summed E-state index contributed by atoms with van der Waals surface area (Å²) in [6, 6.07) is 13.2. The van der Waals surface area contributed by atoms with Gasteiger partial charge in [-0.2, -0.15) is 0 Å². The van der Waals surface area contributed by atoms with Crippen molar-refractivity contribution in [2.24, 2.45) is 5.92 Å². The number of pyridine rings is 1. The number of nitrogens with zero attached hydrogens (tertiary/aromatic N) is 2. The van der Waals surface area contributed by atoms with Crippen LogP contribution in [0.25, 0.3) is 10.9 Å². The normalized spacial score (nSPS) is 12.5. The van der Waals surface area contributed by atoms with Crippen molar-refractivity contribution in [3.63, 3.8) is 0 Å². The number of carbonyl (C=O) groups excluding carboxylic acids is 1. The molecule has 3 aromatic rings. The van der Waals surface area contributed by atoms with Crippen LogP contribution in [0.3, 0.4) is 0 Å². The summed E-state index contributed by atoms with van der Waals surface area (Å²) < 4.78 is 1.95. The van der Waals surface area contributed by atoms with Crippen molar-refractivity contribution >= 4 is 22.5 Å². The summed E-state index contributed by atoms with van der Waals surface area (Å²) in [5.74, 6) is 0.183. The number of carbonyl (C=O) groups is 1. The van der Waals surface area contributed by atoms with E-state index < -0.39 is 0 Å². The molecule has 0 saturated heterocycles. The predicted octanol–water partition coefficient (Wildman–Crippen LogP) is 3.87. The lowest BCUT2D eigenvalue weighted by Gasteiger charge is -2.22. The van der Waals surface area contributed by atoms with Gasteiger partial charge in [-0.15, -0.1) is 0 Å². The molecule has 4 heteroatoms. The molecule has 1 amide bonds. The van der Waals surface area contributed by atoms with Crippen molar-refractivity contribution in [3.05, 3.63) is 61.1 Å². The highest BCUT2D eigenvalue weighted by Gasteiger charge is 2.23. The molecule has 22 heavy (non-hydrogen) atoms. The lowest BCUT2D eigenvalue weighted by Crippen LogP contribution is -2.29. The molecule has 2 heterocycles. The Bertz CT molecular complexity index is 773. The van der Waals surface area contributed by atoms with Crippen molar-refractivity contribution in [2.75, 3.05) is 5.32 Å². The molecule has 0 aliphatic rings. The molecular formula is C18H19N3O. The van der Waals surface area contributed by atoms with Gasteiger partial charge in [0.25, 0.3) is 0 Å². The van der Waals surface area contributed by atoms with Gasteiger partial charge in [0.1, 0.15) is 6.04 Å². The lowest BCUT2D eigenvalue weighted by atomic mass is 10.0. The number of amides is 1. The Hall–Kier alpha value is -2.62. The smallest absolute Gasteiger partial charge is 0.247 e. The number of rotatable bonds is 4. The van der Waals surface area contributed by atoms with E-state index in [1.54, 1.807) is 6.20 Å². The van der Waals surface area contributed by atoms with E-state index in [1.807, 2.05) is 59.4 Å². The highest BCUT2D eigenvalue weighted by atomic mass is 16.2. The minimum atomic E-state index is -0.234. The number of fused-ring (bicyclic) bond motifs is 1. The zero-order chi connectivity index (χ0) is 15.5. The summed E-state index contributed by atoms with van der Waals surface area (Å²) in [5, 5.41) is 4.01. The molecule has 0 bridgehead atoms. The second-order valence-corrected chi connectivity index (χ2v) is 5.68. The van der Waals surface area contributed by atoms with Gasteiger partial charge in [-0.05, 0) is 42.3 Å². The highest BCUT2D eigenvalue weighted by molar-refractivity contribution is 6.02. The van der Waals surface area contributed by atoms with Crippen LogP contribution in [0.15, 0.2) is 61.1 Å². The average Bonchev–Trinajstić information content (AvgIpc) is 3.01. The summed E-state index contributed by atoms with van der Waals surface area (Å²) in [7, 11) is 0. The van der Waals surface area contributed by atoms with Crippen LogP contribution in [0.4, 0.5) is 5.69 Å². The first-order chi connectivity index (χ1) is 10.7. The maximum Gasteiger partial charge on any atom is 0.247 e. The van der Waals surface area contributed by atoms with Crippen molar-refractivity contribution in [3.8, 4) is 0 Å². The quantitative estimate of drug-likeness (QED) is 0.793. The molecule has 0 aliphatic carbocycles. The van der Waals surface area contributed by atoms with E-state index in [0.29, 0.717) is 0 Å². The molecule has 3 rings (SSSR count). The number of hydrogen-bond donors (Lipinski definition) is 1. The maximum atomic E-state index is 12.7. The fourth-order valence-corrected chi connectivity index (χ4v) is 2.73. The Morgan fingerprint density at radius 1 is 1.09 bits per heavy atom. The Balaban J connectivity index is 1.92. The van der Waals surface area contributed by atoms with Crippen LogP contribution in [0.1, 0.15) is 19.9 Å². The summed E-state index contributed by atoms with van der Waals surface area (Å²) >= 11 is 0. The van der Waals surface area contributed by atoms with Gasteiger partial charge in [-0.3, -0.25) is 9.78 Å². The van der Waals surface area contributed by atoms with Gasteiger partial charge in [0.15, 0.2) is 0 Å². The number of benzene rings is 1. The van der Waals surface area contributed by atoms with Gasteiger partial charge in [0, 0.05) is 24.0 Å². The Labute approximate surface area is 129 Å². The van der Waals surface area contributed by atoms with Crippen LogP contribution in [0.2, 0.25) is 0 Å². The number of anilines is 1. The molecule has 0 saturated carbocycles. The third-order valence-corrected chi connectivity index (χ3v) is 3.75. The van der Waals surface area contributed by atoms with Crippen LogP contribution >= 0.6 is 0 Å². The fourth-order valence-electron chi connectivity index (χ4n) is 2.73. The molecule has 1 atom stereocenters. The molecule has 4 nitrogen and oxygen atoms in total. The topological polar surface area (TPSA) is 46.9 Å². The summed E-state index contributed by atoms with van der Waals surface area (Å²) in [6.07, 6.45) is 5.61. The van der Waals surface area contributed by atoms with E-state index in [0.717, 1.165) is 16.6 Å². The van der Waals surface area contributed by atoms with Gasteiger partial charge in [0.2, 0.25) is 5.91 Å². The third kappa shape index (κ3) is 2.72. The molecular weight excluding hydrogens is 274 g/mol. The Kier molecular flexibility index (Phi) is 3.92. The lowest BCUT2D eigenvalue weighted by molar-refractivity contribution is -0.120. The van der Waals surface area contributed by atoms with Crippen molar-refractivity contribution in [2.45, 2.75) is 19.9 Å². The second kappa shape index (κ2) is 6.02. The highest BCUT2D eigenvalue weighted by Crippen LogP contribution is 2.25. The Morgan fingerprint density at radius 2 is 1.86 bits per heavy atom. The number of hydrogen-bond acceptors (Lipinski definition) is 2. The number of nitrogens with one attached hydrogen (secondary N) is 1. The van der Waals surface area contributed by atoms with Gasteiger partial charge in [0.05, 0.1) is 11.2 Å². The van der Waals surface area contributed by atoms with Crippen LogP contribution < -0.4 is 5.32 Å². The van der Waals surface area contributed by atoms with Gasteiger partial charge in [-0.1, -0.05) is 19.9 Å². The minimum Gasteiger partial charge on any atom is -0.342 e. The van der Waals surface area contributed by atoms with Gasteiger partial charge in [-0.25, -0.2) is 0 Å². The second-order valence-electron chi connectivity index (χ2n) is 5.68. The van der Waals surface area contributed by atoms with Crippen molar-refractivity contribution in [1.82, 2.24) is 9.55 Å². The number of aromatic nitrogens is 2. The van der Waals surface area contributed by atoms with E-state index in [1.165, 1.54) is 0 Å². The van der Waals surface area contributed by atoms with Gasteiger partial charge < -0.3 is 9.88 Å². The van der Waals surface area contributed by atoms with Crippen LogP contribution in [0.5, 0.6) is 0 Å². The molecule has 112 valence electrons. The summed E-state index contributed by atoms with van der Waals surface area (Å²) in [6.45, 7) is 4.10. The largest absolute Gasteiger partial charge is 0.342 e. The molecule has 0 radical (unpaired) electrons. The molecule has 2 aromatic heterocycles. The predicted molar refractivity (Wildman–Crippen MR) is 88.7 cm³/mol. The zero-order valence-corrected chi connectivity index (χ0v) is 12.7. The molecule has 1 aromatic carbocycles. The summed E-state index contributed by atoms with van der Waals surface area (Å²) in [4.78, 5) is 17.1. The third-order valence-electron chi connectivity index (χ3n) is 3.75. The maximum absolute atomic E-state index is 12.7. The standard InChI is InChI=1S/C18H19N3O/c1-13(2)17(21-11-3-4-12-21)18(22)20-16-9-5-8-15-14(16)7-6-10-19-15/h3-13,17H,1-2H3,(H,20,22). The summed E-state index contributed by atoms with van der Waals surface area (Å²) in [5.41, 5.74) is 1.68. The molecule has 0 fully saturated rings. The van der Waals surface area contributed by atoms with Gasteiger partial charge >= 0.3 is 0 Å². The molecule has 0 spiro atoms. The van der Waals surface area contributed by atoms with Crippen LogP contribution in [0, 0.1) is 5.92 Å². The SMILES string of the molecule is CC(C)C(C(=O)Nc1cccc2ncccc12)n1cccc1. The molecule has 0 aliphatic heterocycles. The Morgan fingerprint density at radius 3 is 2.59 bits per heavy atom. The zero-order valence-electron chi connectivity index (χ0n) is 12.7. The van der Waals surface area contributed by atoms with Crippen LogP contribution in [-0.4, -0.2) is 15.5 Å². The van der Waals surface area contributed by atoms with E-state index in [4.69, 9.17) is 0 Å². The van der Waals surface area contributed by atoms with E-state index in [-0.39, 0.29) is 17.9 Å². The first-order valence-electron chi connectivity index (χ1n) is 7.44. The van der Waals surface area contributed by atoms with Crippen molar-refractivity contribution in [1.29, 1.82) is 0 Å². The molecule has 1 unspecified atom stereocenters. The molecule has 1 N–H and O–H groups in total. The van der Waals surface area contributed by atoms with Crippen molar-refractivity contribution < 1.29 is 4.79 Å². The van der Waals surface area contributed by atoms with E-state index in [2.05, 4.69) is 24.1 Å². The average molecular weight is 293 g/mol. The first-order valence-corrected chi connectivity index (χ1v) is 7.44.